The van der Waals surface area contributed by atoms with Crippen molar-refractivity contribution in [3.8, 4) is 0 Å². The van der Waals surface area contributed by atoms with Gasteiger partial charge in [-0.1, -0.05) is 32.1 Å². The molecule has 2 aliphatic carbocycles. The third kappa shape index (κ3) is 3.11. The van der Waals surface area contributed by atoms with E-state index in [1.807, 2.05) is 0 Å². The van der Waals surface area contributed by atoms with Crippen molar-refractivity contribution >= 4 is 8.80 Å². The number of hydrogen-bond donors (Lipinski definition) is 0. The molecule has 4 heteroatoms. The highest BCUT2D eigenvalue weighted by Gasteiger charge is 2.50. The van der Waals surface area contributed by atoms with Crippen LogP contribution in [0.25, 0.3) is 0 Å². The van der Waals surface area contributed by atoms with E-state index in [1.165, 1.54) is 57.8 Å². The highest BCUT2D eigenvalue weighted by Crippen LogP contribution is 2.41. The van der Waals surface area contributed by atoms with E-state index in [0.717, 1.165) is 0 Å². The highest BCUT2D eigenvalue weighted by atomic mass is 28.4. The van der Waals surface area contributed by atoms with Crippen LogP contribution in [0.2, 0.25) is 5.54 Å². The van der Waals surface area contributed by atoms with Crippen LogP contribution in [0.4, 0.5) is 0 Å². The monoisotopic (exact) mass is 258 g/mol. The minimum Gasteiger partial charge on any atom is -0.377 e. The van der Waals surface area contributed by atoms with Gasteiger partial charge >= 0.3 is 8.80 Å². The lowest BCUT2D eigenvalue weighted by molar-refractivity contribution is 0.0303. The van der Waals surface area contributed by atoms with Gasteiger partial charge in [-0.2, -0.15) is 0 Å². The molecule has 0 aliphatic heterocycles. The molecule has 2 rings (SSSR count). The summed E-state index contributed by atoms with van der Waals surface area (Å²) in [6.07, 6.45) is 11.8. The van der Waals surface area contributed by atoms with Crippen molar-refractivity contribution in [2.75, 3.05) is 14.2 Å². The molecular weight excluding hydrogens is 232 g/mol. The number of hydrogen-bond acceptors (Lipinski definition) is 3. The van der Waals surface area contributed by atoms with Gasteiger partial charge in [0.25, 0.3) is 0 Å². The first-order valence-electron chi connectivity index (χ1n) is 7.09. The van der Waals surface area contributed by atoms with E-state index in [4.69, 9.17) is 13.3 Å². The molecule has 0 saturated heterocycles. The lowest BCUT2D eigenvalue weighted by Gasteiger charge is -2.36. The average molecular weight is 258 g/mol. The Labute approximate surface area is 106 Å². The van der Waals surface area contributed by atoms with Crippen molar-refractivity contribution in [2.45, 2.75) is 69.4 Å². The largest absolute Gasteiger partial charge is 0.503 e. The zero-order valence-electron chi connectivity index (χ0n) is 11.2. The summed E-state index contributed by atoms with van der Waals surface area (Å²) >= 11 is 0. The van der Waals surface area contributed by atoms with E-state index in [9.17, 15) is 0 Å². The molecule has 3 nitrogen and oxygen atoms in total. The fourth-order valence-electron chi connectivity index (χ4n) is 3.30. The first kappa shape index (κ1) is 13.5. The molecule has 0 spiro atoms. The fraction of sp³-hybridized carbons (Fsp3) is 1.00. The lowest BCUT2D eigenvalue weighted by atomic mass is 9.98. The smallest absolute Gasteiger partial charge is 0.377 e. The van der Waals surface area contributed by atoms with Crippen LogP contribution in [-0.4, -0.2) is 29.1 Å². The van der Waals surface area contributed by atoms with Crippen LogP contribution in [0.3, 0.4) is 0 Å². The van der Waals surface area contributed by atoms with E-state index in [1.54, 1.807) is 14.2 Å². The van der Waals surface area contributed by atoms with Gasteiger partial charge in [0, 0.05) is 25.9 Å². The summed E-state index contributed by atoms with van der Waals surface area (Å²) in [6.45, 7) is 0. The first-order chi connectivity index (χ1) is 8.30. The second kappa shape index (κ2) is 6.32. The van der Waals surface area contributed by atoms with Gasteiger partial charge in [-0.3, -0.25) is 0 Å². The molecule has 2 fully saturated rings. The molecule has 100 valence electrons. The Balaban J connectivity index is 1.98. The van der Waals surface area contributed by atoms with Crippen LogP contribution >= 0.6 is 0 Å². The van der Waals surface area contributed by atoms with Crippen LogP contribution in [0, 0.1) is 0 Å². The molecule has 0 aromatic heterocycles. The summed E-state index contributed by atoms with van der Waals surface area (Å²) in [5.41, 5.74) is 0.541. The molecule has 0 unspecified atom stereocenters. The zero-order chi connectivity index (χ0) is 12.1. The molecule has 0 heterocycles. The molecule has 0 radical (unpaired) electrons. The summed E-state index contributed by atoms with van der Waals surface area (Å²) in [4.78, 5) is 0. The topological polar surface area (TPSA) is 27.7 Å². The SMILES string of the molecule is CO[Si](OC)(OC1CCCCC1)C1CCCC1. The van der Waals surface area contributed by atoms with E-state index in [-0.39, 0.29) is 0 Å². The van der Waals surface area contributed by atoms with E-state index < -0.39 is 8.80 Å². The minimum atomic E-state index is -2.40. The van der Waals surface area contributed by atoms with Gasteiger partial charge in [0.05, 0.1) is 0 Å². The molecule has 0 bridgehead atoms. The van der Waals surface area contributed by atoms with Crippen LogP contribution in [0.5, 0.6) is 0 Å². The molecule has 0 amide bonds. The Hall–Kier alpha value is 0.0969. The minimum absolute atomic E-state index is 0.385. The quantitative estimate of drug-likeness (QED) is 0.706. The van der Waals surface area contributed by atoms with Gasteiger partial charge in [0.15, 0.2) is 0 Å². The summed E-state index contributed by atoms with van der Waals surface area (Å²) < 4.78 is 17.9. The van der Waals surface area contributed by atoms with Gasteiger partial charge in [-0.25, -0.2) is 0 Å². The lowest BCUT2D eigenvalue weighted by Crippen LogP contribution is -2.50. The Morgan fingerprint density at radius 3 is 1.82 bits per heavy atom. The van der Waals surface area contributed by atoms with Crippen LogP contribution in [0.15, 0.2) is 0 Å². The Morgan fingerprint density at radius 1 is 0.765 bits per heavy atom. The third-order valence-electron chi connectivity index (χ3n) is 4.31. The first-order valence-corrected chi connectivity index (χ1v) is 8.89. The fourth-order valence-corrected chi connectivity index (χ4v) is 6.34. The third-order valence-corrected chi connectivity index (χ3v) is 7.68. The molecule has 0 atom stereocenters. The maximum Gasteiger partial charge on any atom is 0.503 e. The number of rotatable bonds is 5. The maximum atomic E-state index is 6.36. The van der Waals surface area contributed by atoms with Gasteiger partial charge in [-0.15, -0.1) is 0 Å². The van der Waals surface area contributed by atoms with E-state index in [2.05, 4.69) is 0 Å². The van der Waals surface area contributed by atoms with Gasteiger partial charge in [-0.05, 0) is 25.7 Å². The second-order valence-electron chi connectivity index (χ2n) is 5.37. The Bertz CT molecular complexity index is 219. The molecule has 0 aromatic carbocycles. The van der Waals surface area contributed by atoms with Crippen LogP contribution in [-0.2, 0) is 13.3 Å². The predicted molar refractivity (Wildman–Crippen MR) is 69.9 cm³/mol. The van der Waals surface area contributed by atoms with Crippen molar-refractivity contribution in [1.29, 1.82) is 0 Å². The van der Waals surface area contributed by atoms with Crippen molar-refractivity contribution in [1.82, 2.24) is 0 Å². The predicted octanol–water partition coefficient (Wildman–Crippen LogP) is 3.51. The second-order valence-corrected chi connectivity index (χ2v) is 8.45. The summed E-state index contributed by atoms with van der Waals surface area (Å²) in [6, 6.07) is 0. The standard InChI is InChI=1S/C13H26O3Si/c1-14-17(15-2,13-10-6-7-11-13)16-12-8-4-3-5-9-12/h12-13H,3-11H2,1-2H3. The Morgan fingerprint density at radius 2 is 1.29 bits per heavy atom. The van der Waals surface area contributed by atoms with Gasteiger partial charge < -0.3 is 13.3 Å². The zero-order valence-corrected chi connectivity index (χ0v) is 12.2. The van der Waals surface area contributed by atoms with Crippen molar-refractivity contribution < 1.29 is 13.3 Å². The highest BCUT2D eigenvalue weighted by molar-refractivity contribution is 6.62. The Kier molecular flexibility index (Phi) is 5.03. The molecule has 2 aliphatic rings. The summed E-state index contributed by atoms with van der Waals surface area (Å²) in [7, 11) is 1.15. The molecular formula is C13H26O3Si. The molecule has 2 saturated carbocycles. The van der Waals surface area contributed by atoms with Crippen molar-refractivity contribution in [3.05, 3.63) is 0 Å². The summed E-state index contributed by atoms with van der Waals surface area (Å²) in [5.74, 6) is 0. The maximum absolute atomic E-state index is 6.36. The van der Waals surface area contributed by atoms with Gasteiger partial charge in [0.2, 0.25) is 0 Å². The van der Waals surface area contributed by atoms with Crippen LogP contribution in [0.1, 0.15) is 57.8 Å². The van der Waals surface area contributed by atoms with E-state index >= 15 is 0 Å². The summed E-state index contributed by atoms with van der Waals surface area (Å²) in [5, 5.41) is 0. The van der Waals surface area contributed by atoms with Crippen molar-refractivity contribution in [3.63, 3.8) is 0 Å². The van der Waals surface area contributed by atoms with E-state index in [0.29, 0.717) is 11.6 Å². The van der Waals surface area contributed by atoms with Crippen molar-refractivity contribution in [2.24, 2.45) is 0 Å². The molecule has 17 heavy (non-hydrogen) atoms. The molecule has 0 aromatic rings. The normalized spacial score (nSPS) is 24.4. The molecule has 0 N–H and O–H groups in total. The van der Waals surface area contributed by atoms with Crippen LogP contribution < -0.4 is 0 Å². The average Bonchev–Trinajstić information content (AvgIpc) is 2.92. The van der Waals surface area contributed by atoms with Gasteiger partial charge in [0.1, 0.15) is 0 Å².